The van der Waals surface area contributed by atoms with Crippen molar-refractivity contribution in [3.05, 3.63) is 48.0 Å². The summed E-state index contributed by atoms with van der Waals surface area (Å²) >= 11 is 0. The lowest BCUT2D eigenvalue weighted by Gasteiger charge is -2.23. The van der Waals surface area contributed by atoms with E-state index in [1.807, 2.05) is 0 Å². The smallest absolute Gasteiger partial charge is 0.00152 e. The molecular weight excluding hydrogens is 180 g/mol. The van der Waals surface area contributed by atoms with Crippen molar-refractivity contribution >= 4 is 0 Å². The first-order valence-corrected chi connectivity index (χ1v) is 6.09. The second kappa shape index (κ2) is 3.23. The van der Waals surface area contributed by atoms with Crippen molar-refractivity contribution in [2.24, 2.45) is 11.3 Å². The van der Waals surface area contributed by atoms with E-state index in [0.29, 0.717) is 5.41 Å². The maximum Gasteiger partial charge on any atom is -0.00152 e. The zero-order valence-corrected chi connectivity index (χ0v) is 9.32. The number of fused-ring (bicyclic) bond motifs is 1. The van der Waals surface area contributed by atoms with Crippen LogP contribution in [0.25, 0.3) is 0 Å². The van der Waals surface area contributed by atoms with Gasteiger partial charge in [0.05, 0.1) is 0 Å². The Balaban J connectivity index is 1.93. The molecule has 0 heterocycles. The normalized spacial score (nSPS) is 33.8. The van der Waals surface area contributed by atoms with Crippen LogP contribution in [0.5, 0.6) is 0 Å². The van der Waals surface area contributed by atoms with Gasteiger partial charge in [-0.25, -0.2) is 0 Å². The molecule has 0 nitrogen and oxygen atoms in total. The molecule has 78 valence electrons. The molecule has 0 N–H and O–H groups in total. The average molecular weight is 198 g/mol. The molecule has 0 spiro atoms. The van der Waals surface area contributed by atoms with Crippen LogP contribution in [0.1, 0.15) is 37.7 Å². The predicted molar refractivity (Wildman–Crippen MR) is 63.8 cm³/mol. The number of allylic oxidation sites excluding steroid dienone is 2. The van der Waals surface area contributed by atoms with Gasteiger partial charge in [-0.3, -0.25) is 0 Å². The lowest BCUT2D eigenvalue weighted by molar-refractivity contribution is 0.451. The maximum absolute atomic E-state index is 2.50. The fraction of sp³-hybridized carbons (Fsp3) is 0.467. The molecule has 1 aromatic carbocycles. The molecule has 15 heavy (non-hydrogen) atoms. The van der Waals surface area contributed by atoms with Crippen LogP contribution in [0.3, 0.4) is 0 Å². The molecule has 2 aliphatic carbocycles. The molecule has 1 saturated carbocycles. The minimum absolute atomic E-state index is 0.552. The van der Waals surface area contributed by atoms with E-state index in [0.717, 1.165) is 11.8 Å². The van der Waals surface area contributed by atoms with Crippen LogP contribution < -0.4 is 0 Å². The first-order chi connectivity index (χ1) is 7.37. The Morgan fingerprint density at radius 3 is 2.67 bits per heavy atom. The molecule has 3 unspecified atom stereocenters. The van der Waals surface area contributed by atoms with Gasteiger partial charge in [-0.15, -0.1) is 0 Å². The highest BCUT2D eigenvalue weighted by Gasteiger charge is 2.57. The largest absolute Gasteiger partial charge is 0.0876 e. The van der Waals surface area contributed by atoms with E-state index in [-0.39, 0.29) is 0 Å². The summed E-state index contributed by atoms with van der Waals surface area (Å²) < 4.78 is 0. The minimum Gasteiger partial charge on any atom is -0.0876 e. The first kappa shape index (κ1) is 9.21. The third kappa shape index (κ3) is 1.27. The van der Waals surface area contributed by atoms with Crippen molar-refractivity contribution < 1.29 is 0 Å². The molecule has 1 aromatic rings. The maximum atomic E-state index is 2.50. The van der Waals surface area contributed by atoms with Crippen LogP contribution in [0.15, 0.2) is 42.5 Å². The summed E-state index contributed by atoms with van der Waals surface area (Å²) in [5.74, 6) is 1.71. The SMILES string of the molecule is CCC(c1ccccc1)C12C=CCC1C2. The molecular formula is C15H18. The highest BCUT2D eigenvalue weighted by Crippen LogP contribution is 2.67. The molecule has 0 amide bonds. The van der Waals surface area contributed by atoms with Gasteiger partial charge in [-0.05, 0) is 42.1 Å². The van der Waals surface area contributed by atoms with Crippen LogP contribution in [0, 0.1) is 11.3 Å². The standard InChI is InChI=1S/C15H18/c1-2-14(12-7-4-3-5-8-12)15-10-6-9-13(15)11-15/h3-8,10,13-14H,2,9,11H2,1H3. The summed E-state index contributed by atoms with van der Waals surface area (Å²) in [4.78, 5) is 0. The van der Waals surface area contributed by atoms with Gasteiger partial charge in [-0.1, -0.05) is 49.4 Å². The summed E-state index contributed by atoms with van der Waals surface area (Å²) in [5, 5.41) is 0. The van der Waals surface area contributed by atoms with Gasteiger partial charge in [0.2, 0.25) is 0 Å². The van der Waals surface area contributed by atoms with E-state index in [9.17, 15) is 0 Å². The lowest BCUT2D eigenvalue weighted by Crippen LogP contribution is -2.11. The van der Waals surface area contributed by atoms with Crippen LogP contribution >= 0.6 is 0 Å². The second-order valence-corrected chi connectivity index (χ2v) is 5.02. The highest BCUT2D eigenvalue weighted by atomic mass is 14.6. The van der Waals surface area contributed by atoms with Crippen molar-refractivity contribution in [2.45, 2.75) is 32.1 Å². The topological polar surface area (TPSA) is 0 Å². The lowest BCUT2D eigenvalue weighted by atomic mass is 9.81. The van der Waals surface area contributed by atoms with Crippen molar-refractivity contribution in [3.63, 3.8) is 0 Å². The first-order valence-electron chi connectivity index (χ1n) is 6.09. The third-order valence-corrected chi connectivity index (χ3v) is 4.31. The molecule has 0 aliphatic heterocycles. The zero-order valence-electron chi connectivity index (χ0n) is 9.32. The van der Waals surface area contributed by atoms with Gasteiger partial charge in [0.25, 0.3) is 0 Å². The van der Waals surface area contributed by atoms with Crippen LogP contribution in [0.4, 0.5) is 0 Å². The number of benzene rings is 1. The van der Waals surface area contributed by atoms with Gasteiger partial charge >= 0.3 is 0 Å². The van der Waals surface area contributed by atoms with Crippen molar-refractivity contribution in [3.8, 4) is 0 Å². The Kier molecular flexibility index (Phi) is 1.98. The summed E-state index contributed by atoms with van der Waals surface area (Å²) in [6, 6.07) is 11.0. The van der Waals surface area contributed by atoms with Crippen LogP contribution in [-0.4, -0.2) is 0 Å². The van der Waals surface area contributed by atoms with E-state index < -0.39 is 0 Å². The molecule has 0 heteroatoms. The second-order valence-electron chi connectivity index (χ2n) is 5.02. The van der Waals surface area contributed by atoms with E-state index in [2.05, 4.69) is 49.4 Å². The van der Waals surface area contributed by atoms with Crippen LogP contribution in [0.2, 0.25) is 0 Å². The number of hydrogen-bond acceptors (Lipinski definition) is 0. The van der Waals surface area contributed by atoms with E-state index in [1.165, 1.54) is 24.8 Å². The van der Waals surface area contributed by atoms with E-state index in [1.54, 1.807) is 0 Å². The number of rotatable bonds is 3. The molecule has 0 aromatic heterocycles. The number of hydrogen-bond donors (Lipinski definition) is 0. The average Bonchev–Trinajstić information content (AvgIpc) is 2.83. The van der Waals surface area contributed by atoms with Gasteiger partial charge in [-0.2, -0.15) is 0 Å². The van der Waals surface area contributed by atoms with Crippen molar-refractivity contribution in [1.29, 1.82) is 0 Å². The third-order valence-electron chi connectivity index (χ3n) is 4.31. The molecule has 0 saturated heterocycles. The van der Waals surface area contributed by atoms with Gasteiger partial charge < -0.3 is 0 Å². The molecule has 3 atom stereocenters. The Hall–Kier alpha value is -1.04. The summed E-state index contributed by atoms with van der Waals surface area (Å²) in [6.07, 6.45) is 8.91. The molecule has 2 aliphatic rings. The Labute approximate surface area is 92.0 Å². The van der Waals surface area contributed by atoms with Crippen molar-refractivity contribution in [1.82, 2.24) is 0 Å². The molecule has 3 rings (SSSR count). The van der Waals surface area contributed by atoms with Gasteiger partial charge in [0.1, 0.15) is 0 Å². The minimum atomic E-state index is 0.552. The zero-order chi connectivity index (χ0) is 10.3. The fourth-order valence-electron chi connectivity index (χ4n) is 3.48. The predicted octanol–water partition coefficient (Wildman–Crippen LogP) is 4.15. The monoisotopic (exact) mass is 198 g/mol. The van der Waals surface area contributed by atoms with Gasteiger partial charge in [0, 0.05) is 0 Å². The Morgan fingerprint density at radius 1 is 1.33 bits per heavy atom. The molecule has 0 radical (unpaired) electrons. The summed E-state index contributed by atoms with van der Waals surface area (Å²) in [5.41, 5.74) is 2.09. The molecule has 1 fully saturated rings. The molecule has 0 bridgehead atoms. The van der Waals surface area contributed by atoms with Crippen molar-refractivity contribution in [2.75, 3.05) is 0 Å². The fourth-order valence-corrected chi connectivity index (χ4v) is 3.48. The van der Waals surface area contributed by atoms with E-state index >= 15 is 0 Å². The quantitative estimate of drug-likeness (QED) is 0.640. The Morgan fingerprint density at radius 2 is 2.13 bits per heavy atom. The van der Waals surface area contributed by atoms with E-state index in [4.69, 9.17) is 0 Å². The summed E-state index contributed by atoms with van der Waals surface area (Å²) in [7, 11) is 0. The Bertz CT molecular complexity index is 376. The van der Waals surface area contributed by atoms with Gasteiger partial charge in [0.15, 0.2) is 0 Å². The highest BCUT2D eigenvalue weighted by molar-refractivity contribution is 5.33. The van der Waals surface area contributed by atoms with Crippen LogP contribution in [-0.2, 0) is 0 Å². The summed E-state index contributed by atoms with van der Waals surface area (Å²) in [6.45, 7) is 2.33.